The maximum absolute atomic E-state index is 4.55. The topological polar surface area (TPSA) is 25.8 Å². The zero-order chi connectivity index (χ0) is 22.5. The molecule has 0 fully saturated rings. The Bertz CT molecular complexity index is 1790. The number of benzene rings is 5. The Labute approximate surface area is 197 Å². The third-order valence-corrected chi connectivity index (χ3v) is 6.79. The van der Waals surface area contributed by atoms with Crippen molar-refractivity contribution in [3.63, 3.8) is 0 Å². The van der Waals surface area contributed by atoms with Gasteiger partial charge in [0.05, 0.1) is 5.69 Å². The van der Waals surface area contributed by atoms with Crippen molar-refractivity contribution >= 4 is 32.3 Å². The minimum absolute atomic E-state index is 0.990. The van der Waals surface area contributed by atoms with Gasteiger partial charge in [0.15, 0.2) is 0 Å². The van der Waals surface area contributed by atoms with Gasteiger partial charge in [-0.1, -0.05) is 72.8 Å². The van der Waals surface area contributed by atoms with Crippen LogP contribution >= 0.6 is 0 Å². The fourth-order valence-electron chi connectivity index (χ4n) is 5.22. The van der Waals surface area contributed by atoms with Crippen molar-refractivity contribution in [3.8, 4) is 33.5 Å². The van der Waals surface area contributed by atoms with E-state index in [4.69, 9.17) is 0 Å². The van der Waals surface area contributed by atoms with E-state index in [1.807, 2.05) is 30.7 Å². The Balaban J connectivity index is 1.51. The molecule has 0 aliphatic heterocycles. The Kier molecular flexibility index (Phi) is 4.18. The van der Waals surface area contributed by atoms with Crippen LogP contribution in [-0.4, -0.2) is 9.97 Å². The molecule has 2 aromatic heterocycles. The molecule has 0 N–H and O–H groups in total. The van der Waals surface area contributed by atoms with Gasteiger partial charge in [-0.05, 0) is 84.9 Å². The van der Waals surface area contributed by atoms with Crippen molar-refractivity contribution in [1.82, 2.24) is 9.97 Å². The van der Waals surface area contributed by atoms with Crippen LogP contribution in [0.25, 0.3) is 65.8 Å². The smallest absolute Gasteiger partial charge is 0.0702 e. The average molecular weight is 433 g/mol. The van der Waals surface area contributed by atoms with E-state index in [1.165, 1.54) is 54.6 Å². The van der Waals surface area contributed by atoms with Crippen LogP contribution < -0.4 is 0 Å². The molecule has 0 aliphatic rings. The van der Waals surface area contributed by atoms with E-state index >= 15 is 0 Å². The largest absolute Gasteiger partial charge is 0.265 e. The second kappa shape index (κ2) is 7.50. The summed E-state index contributed by atoms with van der Waals surface area (Å²) in [7, 11) is 0. The molecule has 7 rings (SSSR count). The third kappa shape index (κ3) is 2.89. The Hall–Kier alpha value is -4.56. The Morgan fingerprint density at radius 1 is 0.441 bits per heavy atom. The number of hydrogen-bond acceptors (Lipinski definition) is 2. The molecule has 0 amide bonds. The summed E-state index contributed by atoms with van der Waals surface area (Å²) in [6.45, 7) is 0. The summed E-state index contributed by atoms with van der Waals surface area (Å²) in [6.07, 6.45) is 5.57. The van der Waals surface area contributed by atoms with Gasteiger partial charge in [-0.3, -0.25) is 9.97 Å². The molecule has 0 saturated heterocycles. The minimum atomic E-state index is 0.990. The molecule has 0 saturated carbocycles. The van der Waals surface area contributed by atoms with E-state index in [-0.39, 0.29) is 0 Å². The highest BCUT2D eigenvalue weighted by molar-refractivity contribution is 6.27. The molecule has 2 nitrogen and oxygen atoms in total. The fraction of sp³-hybridized carbons (Fsp3) is 0. The summed E-state index contributed by atoms with van der Waals surface area (Å²) >= 11 is 0. The third-order valence-electron chi connectivity index (χ3n) is 6.79. The summed E-state index contributed by atoms with van der Waals surface area (Å²) in [5.74, 6) is 0. The predicted molar refractivity (Wildman–Crippen MR) is 142 cm³/mol. The predicted octanol–water partition coefficient (Wildman–Crippen LogP) is 8.38. The molecule has 0 atom stereocenters. The quantitative estimate of drug-likeness (QED) is 0.262. The summed E-state index contributed by atoms with van der Waals surface area (Å²) in [5, 5.41) is 7.75. The molecule has 0 aliphatic carbocycles. The first-order valence-corrected chi connectivity index (χ1v) is 11.5. The second-order valence-electron chi connectivity index (χ2n) is 8.68. The molecule has 0 bridgehead atoms. The van der Waals surface area contributed by atoms with Crippen molar-refractivity contribution in [2.75, 3.05) is 0 Å². The van der Waals surface area contributed by atoms with Crippen LogP contribution in [0, 0.1) is 0 Å². The summed E-state index contributed by atoms with van der Waals surface area (Å²) in [4.78, 5) is 8.75. The van der Waals surface area contributed by atoms with Gasteiger partial charge in [-0.25, -0.2) is 0 Å². The highest BCUT2D eigenvalue weighted by Crippen LogP contribution is 2.42. The normalized spacial score (nSPS) is 11.5. The highest BCUT2D eigenvalue weighted by atomic mass is 14.7. The van der Waals surface area contributed by atoms with Crippen molar-refractivity contribution in [2.24, 2.45) is 0 Å². The first-order valence-electron chi connectivity index (χ1n) is 11.5. The zero-order valence-electron chi connectivity index (χ0n) is 18.4. The van der Waals surface area contributed by atoms with Gasteiger partial charge in [0.1, 0.15) is 0 Å². The molecule has 7 aromatic rings. The van der Waals surface area contributed by atoms with Crippen LogP contribution in [0.15, 0.2) is 122 Å². The number of nitrogens with zero attached hydrogens (tertiary/aromatic N) is 2. The van der Waals surface area contributed by atoms with E-state index in [0.29, 0.717) is 0 Å². The van der Waals surface area contributed by atoms with Gasteiger partial charge < -0.3 is 0 Å². The van der Waals surface area contributed by atoms with Crippen LogP contribution in [0.4, 0.5) is 0 Å². The lowest BCUT2D eigenvalue weighted by Crippen LogP contribution is -1.90. The molecule has 0 unspecified atom stereocenters. The molecule has 5 aromatic carbocycles. The van der Waals surface area contributed by atoms with E-state index in [0.717, 1.165) is 11.3 Å². The van der Waals surface area contributed by atoms with Crippen LogP contribution in [0.3, 0.4) is 0 Å². The van der Waals surface area contributed by atoms with Crippen molar-refractivity contribution < 1.29 is 0 Å². The van der Waals surface area contributed by atoms with Crippen LogP contribution in [0.1, 0.15) is 0 Å². The molecule has 34 heavy (non-hydrogen) atoms. The lowest BCUT2D eigenvalue weighted by atomic mass is 9.87. The second-order valence-corrected chi connectivity index (χ2v) is 8.68. The highest BCUT2D eigenvalue weighted by Gasteiger charge is 2.15. The van der Waals surface area contributed by atoms with E-state index in [2.05, 4.69) is 101 Å². The summed E-state index contributed by atoms with van der Waals surface area (Å²) < 4.78 is 0. The first kappa shape index (κ1) is 19.0. The SMILES string of the molecule is c1ccc(-c2cccc(-c3ccc4ccc5c(-c6ccncc6)ccc6ccc3c4c65)c2)nc1. The van der Waals surface area contributed by atoms with E-state index in [1.54, 1.807) is 0 Å². The summed E-state index contributed by atoms with van der Waals surface area (Å²) in [6, 6.07) is 36.9. The maximum Gasteiger partial charge on any atom is 0.0702 e. The van der Waals surface area contributed by atoms with Crippen molar-refractivity contribution in [1.29, 1.82) is 0 Å². The molecule has 0 radical (unpaired) electrons. The first-order chi connectivity index (χ1) is 16.9. The number of aromatic nitrogens is 2. The van der Waals surface area contributed by atoms with E-state index in [9.17, 15) is 0 Å². The maximum atomic E-state index is 4.55. The fourth-order valence-corrected chi connectivity index (χ4v) is 5.22. The number of pyridine rings is 2. The number of hydrogen-bond donors (Lipinski definition) is 0. The van der Waals surface area contributed by atoms with Gasteiger partial charge in [-0.15, -0.1) is 0 Å². The van der Waals surface area contributed by atoms with Gasteiger partial charge in [0.25, 0.3) is 0 Å². The number of rotatable bonds is 3. The van der Waals surface area contributed by atoms with Crippen LogP contribution in [0.5, 0.6) is 0 Å². The average Bonchev–Trinajstić information content (AvgIpc) is 2.92. The Morgan fingerprint density at radius 3 is 1.76 bits per heavy atom. The summed E-state index contributed by atoms with van der Waals surface area (Å²) in [5.41, 5.74) is 7.00. The molecule has 2 heteroatoms. The molecule has 158 valence electrons. The molecule has 0 spiro atoms. The van der Waals surface area contributed by atoms with Crippen LogP contribution in [0.2, 0.25) is 0 Å². The molecular formula is C32H20N2. The standard InChI is InChI=1S/C32H20N2/c1-2-17-34-30(6-1)25-5-3-4-24(20-25)27-12-8-23-9-13-28-26(21-15-18-33-19-16-21)11-7-22-10-14-29(27)32(23)31(22)28/h1-20H. The van der Waals surface area contributed by atoms with Gasteiger partial charge in [0, 0.05) is 24.2 Å². The zero-order valence-corrected chi connectivity index (χ0v) is 18.4. The van der Waals surface area contributed by atoms with Crippen molar-refractivity contribution in [2.45, 2.75) is 0 Å². The van der Waals surface area contributed by atoms with Crippen LogP contribution in [-0.2, 0) is 0 Å². The van der Waals surface area contributed by atoms with Gasteiger partial charge in [0.2, 0.25) is 0 Å². The van der Waals surface area contributed by atoms with Gasteiger partial charge >= 0.3 is 0 Å². The Morgan fingerprint density at radius 2 is 1.09 bits per heavy atom. The minimum Gasteiger partial charge on any atom is -0.265 e. The van der Waals surface area contributed by atoms with Crippen molar-refractivity contribution in [3.05, 3.63) is 122 Å². The molecule has 2 heterocycles. The lowest BCUT2D eigenvalue weighted by molar-refractivity contribution is 1.33. The lowest BCUT2D eigenvalue weighted by Gasteiger charge is -2.16. The van der Waals surface area contributed by atoms with Gasteiger partial charge in [-0.2, -0.15) is 0 Å². The monoisotopic (exact) mass is 432 g/mol. The molecular weight excluding hydrogens is 412 g/mol. The van der Waals surface area contributed by atoms with E-state index < -0.39 is 0 Å².